The van der Waals surface area contributed by atoms with Crippen molar-refractivity contribution in [2.24, 2.45) is 5.92 Å². The van der Waals surface area contributed by atoms with Gasteiger partial charge in [0.1, 0.15) is 11.3 Å². The van der Waals surface area contributed by atoms with Crippen LogP contribution < -0.4 is 9.97 Å². The molecule has 2 rings (SSSR count). The third kappa shape index (κ3) is 4.98. The summed E-state index contributed by atoms with van der Waals surface area (Å²) in [4.78, 5) is 24.1. The molecule has 1 amide bonds. The number of ether oxygens (including phenoxy) is 1. The summed E-state index contributed by atoms with van der Waals surface area (Å²) >= 11 is 0. The van der Waals surface area contributed by atoms with Gasteiger partial charge in [0.2, 0.25) is 5.91 Å². The Morgan fingerprint density at radius 1 is 1.44 bits per heavy atom. The molecular weight excluding hydrogens is 321 g/mol. The zero-order chi connectivity index (χ0) is 18.4. The van der Waals surface area contributed by atoms with Gasteiger partial charge < -0.3 is 19.7 Å². The van der Waals surface area contributed by atoms with Gasteiger partial charge in [0.25, 0.3) is 0 Å². The summed E-state index contributed by atoms with van der Waals surface area (Å²) in [5.41, 5.74) is 1.07. The third-order valence-electron chi connectivity index (χ3n) is 4.36. The van der Waals surface area contributed by atoms with Crippen molar-refractivity contribution in [1.82, 2.24) is 5.32 Å². The normalized spacial score (nSPS) is 17.3. The van der Waals surface area contributed by atoms with Crippen LogP contribution in [-0.2, 0) is 16.0 Å². The van der Waals surface area contributed by atoms with Gasteiger partial charge in [0.15, 0.2) is 0 Å². The highest BCUT2D eigenvalue weighted by molar-refractivity contribution is 6.47. The number of hydrogen-bond donors (Lipinski definition) is 2. The molecule has 0 fully saturated rings. The Morgan fingerprint density at radius 2 is 2.20 bits per heavy atom. The summed E-state index contributed by atoms with van der Waals surface area (Å²) in [6.07, 6.45) is 2.46. The molecule has 0 radical (unpaired) electrons. The molecule has 7 heteroatoms. The summed E-state index contributed by atoms with van der Waals surface area (Å²) in [5.74, 6) is -0.489. The molecule has 0 saturated heterocycles. The molecule has 0 aromatic heterocycles. The molecule has 0 spiro atoms. The predicted octanol–water partition coefficient (Wildman–Crippen LogP) is 2.13. The topological polar surface area (TPSA) is 84.9 Å². The Bertz CT molecular complexity index is 621. The van der Waals surface area contributed by atoms with E-state index >= 15 is 0 Å². The first-order chi connectivity index (χ1) is 12.0. The smallest absolute Gasteiger partial charge is 0.534 e. The number of carbonyl (C=O) groups is 2. The zero-order valence-corrected chi connectivity index (χ0v) is 15.1. The van der Waals surface area contributed by atoms with E-state index in [2.05, 4.69) is 5.32 Å². The number of benzene rings is 1. The van der Waals surface area contributed by atoms with Crippen molar-refractivity contribution in [2.45, 2.75) is 52.4 Å². The lowest BCUT2D eigenvalue weighted by atomic mass is 9.72. The summed E-state index contributed by atoms with van der Waals surface area (Å²) in [6, 6.07) is 5.21. The van der Waals surface area contributed by atoms with Crippen LogP contribution in [-0.4, -0.2) is 36.6 Å². The first kappa shape index (κ1) is 19.3. The summed E-state index contributed by atoms with van der Waals surface area (Å²) < 4.78 is 10.9. The summed E-state index contributed by atoms with van der Waals surface area (Å²) in [6.45, 7) is 6.31. The van der Waals surface area contributed by atoms with Crippen LogP contribution in [0.2, 0.25) is 0 Å². The molecule has 6 nitrogen and oxygen atoms in total. The molecule has 2 atom stereocenters. The third-order valence-corrected chi connectivity index (χ3v) is 4.36. The maximum atomic E-state index is 12.3. The van der Waals surface area contributed by atoms with Crippen LogP contribution in [0.5, 0.6) is 5.75 Å². The van der Waals surface area contributed by atoms with Gasteiger partial charge in [-0.15, -0.1) is 0 Å². The van der Waals surface area contributed by atoms with Crippen LogP contribution in [0.25, 0.3) is 0 Å². The Kier molecular flexibility index (Phi) is 6.87. The lowest BCUT2D eigenvalue weighted by Crippen LogP contribution is -2.53. The van der Waals surface area contributed by atoms with E-state index in [1.807, 2.05) is 26.8 Å². The largest absolute Gasteiger partial charge is 0.547 e. The highest BCUT2D eigenvalue weighted by Gasteiger charge is 2.37. The highest BCUT2D eigenvalue weighted by Crippen LogP contribution is 2.30. The number of para-hydroxylation sites is 1. The zero-order valence-electron chi connectivity index (χ0n) is 15.1. The molecular formula is C18H26BNO5. The number of amides is 1. The first-order valence-electron chi connectivity index (χ1n) is 8.89. The van der Waals surface area contributed by atoms with E-state index in [0.29, 0.717) is 30.8 Å². The van der Waals surface area contributed by atoms with Crippen LogP contribution in [0.4, 0.5) is 0 Å². The second kappa shape index (κ2) is 8.90. The van der Waals surface area contributed by atoms with Crippen LogP contribution in [0.3, 0.4) is 0 Å². The van der Waals surface area contributed by atoms with Gasteiger partial charge >= 0.3 is 13.1 Å². The molecule has 2 N–H and O–H groups in total. The van der Waals surface area contributed by atoms with Gasteiger partial charge in [-0.25, -0.2) is 4.79 Å². The molecule has 0 saturated carbocycles. The molecule has 1 unspecified atom stereocenters. The number of nitrogens with one attached hydrogen (secondary N) is 1. The summed E-state index contributed by atoms with van der Waals surface area (Å²) in [5, 5.41) is 13.0. The van der Waals surface area contributed by atoms with E-state index < -0.39 is 19.0 Å². The maximum absolute atomic E-state index is 12.3. The number of carbonyl (C=O) groups excluding carboxylic acids is 2. The lowest BCUT2D eigenvalue weighted by molar-refractivity contribution is -0.121. The van der Waals surface area contributed by atoms with Gasteiger partial charge in [-0.1, -0.05) is 39.3 Å². The van der Waals surface area contributed by atoms with Crippen molar-refractivity contribution in [3.8, 4) is 5.75 Å². The van der Waals surface area contributed by atoms with Crippen molar-refractivity contribution in [2.75, 3.05) is 6.61 Å². The highest BCUT2D eigenvalue weighted by atomic mass is 16.5. The minimum Gasteiger partial charge on any atom is -0.534 e. The monoisotopic (exact) mass is 347 g/mol. The molecule has 1 aromatic carbocycles. The predicted molar refractivity (Wildman–Crippen MR) is 95.3 cm³/mol. The molecule has 0 aliphatic carbocycles. The van der Waals surface area contributed by atoms with E-state index in [-0.39, 0.29) is 11.8 Å². The van der Waals surface area contributed by atoms with E-state index in [0.717, 1.165) is 18.4 Å². The van der Waals surface area contributed by atoms with E-state index in [1.54, 1.807) is 12.1 Å². The van der Waals surface area contributed by atoms with Crippen LogP contribution in [0, 0.1) is 5.92 Å². The molecule has 1 aromatic rings. The molecule has 1 aliphatic heterocycles. The average molecular weight is 347 g/mol. The second-order valence-electron chi connectivity index (χ2n) is 6.54. The minimum absolute atomic E-state index is 0.122. The van der Waals surface area contributed by atoms with Crippen molar-refractivity contribution in [3.63, 3.8) is 0 Å². The molecule has 0 bridgehead atoms. The van der Waals surface area contributed by atoms with Gasteiger partial charge in [-0.2, -0.15) is 0 Å². The molecule has 1 aliphatic rings. The van der Waals surface area contributed by atoms with E-state index in [1.165, 1.54) is 0 Å². The Labute approximate surface area is 149 Å². The second-order valence-corrected chi connectivity index (χ2v) is 6.54. The van der Waals surface area contributed by atoms with Gasteiger partial charge in [0, 0.05) is 6.42 Å². The fourth-order valence-corrected chi connectivity index (χ4v) is 2.63. The van der Waals surface area contributed by atoms with Crippen molar-refractivity contribution >= 4 is 19.0 Å². The average Bonchev–Trinajstić information content (AvgIpc) is 2.59. The van der Waals surface area contributed by atoms with E-state index in [4.69, 9.17) is 9.39 Å². The number of hydrogen-bond acceptors (Lipinski definition) is 5. The fraction of sp³-hybridized carbons (Fsp3) is 0.556. The summed E-state index contributed by atoms with van der Waals surface area (Å²) in [7, 11) is -1.20. The van der Waals surface area contributed by atoms with Crippen molar-refractivity contribution < 1.29 is 24.0 Å². The fourth-order valence-electron chi connectivity index (χ4n) is 2.63. The van der Waals surface area contributed by atoms with Crippen molar-refractivity contribution in [3.05, 3.63) is 29.3 Å². The molecule has 136 valence electrons. The van der Waals surface area contributed by atoms with Crippen LogP contribution in [0.15, 0.2) is 18.2 Å². The quantitative estimate of drug-likeness (QED) is 0.583. The lowest BCUT2D eigenvalue weighted by Gasteiger charge is -2.29. The standard InChI is InChI=1S/C18H26BNO5/c1-4-7-16(21)20-15-10-13-8-6-9-14(17(13)25-19(15)23)18(22)24-11-12(3)5-2/h6,8-9,12,15,23H,4-5,7,10-11H2,1-3H3,(H,20,21)/t12?,15-/m0/s1. The SMILES string of the molecule is CCCC(=O)N[C@H]1Cc2cccc(C(=O)OCC(C)CC)c2OB1O. The number of esters is 1. The number of rotatable bonds is 7. The first-order valence-corrected chi connectivity index (χ1v) is 8.89. The van der Waals surface area contributed by atoms with Gasteiger partial charge in [-0.3, -0.25) is 4.79 Å². The molecule has 1 heterocycles. The van der Waals surface area contributed by atoms with Gasteiger partial charge in [0.05, 0.1) is 12.5 Å². The maximum Gasteiger partial charge on any atom is 0.547 e. The minimum atomic E-state index is -1.20. The van der Waals surface area contributed by atoms with E-state index in [9.17, 15) is 14.6 Å². The van der Waals surface area contributed by atoms with Crippen LogP contribution in [0.1, 0.15) is 56.0 Å². The molecule has 25 heavy (non-hydrogen) atoms. The Morgan fingerprint density at radius 3 is 2.88 bits per heavy atom. The van der Waals surface area contributed by atoms with Gasteiger partial charge in [-0.05, 0) is 30.4 Å². The number of fused-ring (bicyclic) bond motifs is 1. The van der Waals surface area contributed by atoms with Crippen LogP contribution >= 0.6 is 0 Å². The Hall–Kier alpha value is -2.02. The Balaban J connectivity index is 2.11. The van der Waals surface area contributed by atoms with Crippen molar-refractivity contribution in [1.29, 1.82) is 0 Å².